The highest BCUT2D eigenvalue weighted by Gasteiger charge is 2.09. The number of nitrogens with two attached hydrogens (primary N) is 1. The molecular formula is C10H16N2O. The lowest BCUT2D eigenvalue weighted by Crippen LogP contribution is -2.19. The first-order chi connectivity index (χ1) is 6.16. The number of anilines is 1. The first kappa shape index (κ1) is 10.0. The van der Waals surface area contributed by atoms with E-state index in [4.69, 9.17) is 10.8 Å². The van der Waals surface area contributed by atoms with Gasteiger partial charge in [-0.25, -0.2) is 0 Å². The quantitative estimate of drug-likeness (QED) is 0.721. The van der Waals surface area contributed by atoms with E-state index in [0.29, 0.717) is 0 Å². The molecule has 0 amide bonds. The Balaban J connectivity index is 3.04. The molecule has 0 fully saturated rings. The Labute approximate surface area is 78.8 Å². The molecular weight excluding hydrogens is 164 g/mol. The molecule has 1 rings (SSSR count). The summed E-state index contributed by atoms with van der Waals surface area (Å²) in [6.45, 7) is -0.0230. The minimum atomic E-state index is -0.293. The Kier molecular flexibility index (Phi) is 3.28. The summed E-state index contributed by atoms with van der Waals surface area (Å²) < 4.78 is 0. The van der Waals surface area contributed by atoms with E-state index in [1.807, 2.05) is 43.3 Å². The lowest BCUT2D eigenvalue weighted by molar-refractivity contribution is 0.268. The highest BCUT2D eigenvalue weighted by Crippen LogP contribution is 2.22. The highest BCUT2D eigenvalue weighted by atomic mass is 16.3. The SMILES string of the molecule is CN(C)c1ccccc1[C@@H](N)CO. The van der Waals surface area contributed by atoms with E-state index in [1.54, 1.807) is 0 Å². The van der Waals surface area contributed by atoms with Crippen molar-refractivity contribution in [2.24, 2.45) is 5.73 Å². The zero-order chi connectivity index (χ0) is 9.84. The smallest absolute Gasteiger partial charge is 0.0625 e. The molecule has 0 radical (unpaired) electrons. The Morgan fingerprint density at radius 1 is 1.38 bits per heavy atom. The molecule has 0 bridgehead atoms. The number of rotatable bonds is 3. The molecule has 1 atom stereocenters. The second-order valence-electron chi connectivity index (χ2n) is 3.24. The number of benzene rings is 1. The molecule has 3 nitrogen and oxygen atoms in total. The molecule has 0 aliphatic carbocycles. The van der Waals surface area contributed by atoms with Crippen molar-refractivity contribution in [2.45, 2.75) is 6.04 Å². The summed E-state index contributed by atoms with van der Waals surface area (Å²) in [5.41, 5.74) is 7.80. The van der Waals surface area contributed by atoms with Crippen LogP contribution in [0.1, 0.15) is 11.6 Å². The van der Waals surface area contributed by atoms with Crippen LogP contribution in [0.15, 0.2) is 24.3 Å². The molecule has 72 valence electrons. The van der Waals surface area contributed by atoms with E-state index < -0.39 is 0 Å². The summed E-state index contributed by atoms with van der Waals surface area (Å²) in [4.78, 5) is 1.99. The van der Waals surface area contributed by atoms with Gasteiger partial charge < -0.3 is 15.7 Å². The molecule has 0 heterocycles. The van der Waals surface area contributed by atoms with Crippen molar-refractivity contribution in [3.05, 3.63) is 29.8 Å². The first-order valence-corrected chi connectivity index (χ1v) is 4.29. The summed E-state index contributed by atoms with van der Waals surface area (Å²) in [7, 11) is 3.92. The van der Waals surface area contributed by atoms with Crippen molar-refractivity contribution >= 4 is 5.69 Å². The highest BCUT2D eigenvalue weighted by molar-refractivity contribution is 5.53. The Hall–Kier alpha value is -1.06. The van der Waals surface area contributed by atoms with Crippen LogP contribution in [0.25, 0.3) is 0 Å². The number of hydrogen-bond donors (Lipinski definition) is 2. The molecule has 0 unspecified atom stereocenters. The number of hydrogen-bond acceptors (Lipinski definition) is 3. The maximum atomic E-state index is 8.95. The predicted octanol–water partition coefficient (Wildman–Crippen LogP) is 0.745. The molecule has 0 aliphatic rings. The summed E-state index contributed by atoms with van der Waals surface area (Å²) >= 11 is 0. The normalized spacial score (nSPS) is 12.6. The lowest BCUT2D eigenvalue weighted by atomic mass is 10.1. The molecule has 0 aromatic heterocycles. The average Bonchev–Trinajstić information content (AvgIpc) is 2.16. The van der Waals surface area contributed by atoms with Crippen LogP contribution in [-0.2, 0) is 0 Å². The van der Waals surface area contributed by atoms with Crippen LogP contribution in [0.4, 0.5) is 5.69 Å². The van der Waals surface area contributed by atoms with Gasteiger partial charge in [-0.05, 0) is 11.6 Å². The van der Waals surface area contributed by atoms with Gasteiger partial charge in [0, 0.05) is 19.8 Å². The van der Waals surface area contributed by atoms with Gasteiger partial charge in [0.05, 0.1) is 12.6 Å². The van der Waals surface area contributed by atoms with Gasteiger partial charge >= 0.3 is 0 Å². The largest absolute Gasteiger partial charge is 0.394 e. The number of aliphatic hydroxyl groups is 1. The van der Waals surface area contributed by atoms with E-state index in [2.05, 4.69) is 0 Å². The fraction of sp³-hybridized carbons (Fsp3) is 0.400. The fourth-order valence-corrected chi connectivity index (χ4v) is 1.31. The molecule has 0 saturated heterocycles. The Morgan fingerprint density at radius 2 is 2.00 bits per heavy atom. The van der Waals surface area contributed by atoms with Crippen LogP contribution >= 0.6 is 0 Å². The molecule has 13 heavy (non-hydrogen) atoms. The maximum Gasteiger partial charge on any atom is 0.0625 e. The van der Waals surface area contributed by atoms with E-state index >= 15 is 0 Å². The minimum Gasteiger partial charge on any atom is -0.394 e. The predicted molar refractivity (Wildman–Crippen MR) is 54.8 cm³/mol. The van der Waals surface area contributed by atoms with Gasteiger partial charge in [-0.2, -0.15) is 0 Å². The van der Waals surface area contributed by atoms with Gasteiger partial charge in [0.25, 0.3) is 0 Å². The van der Waals surface area contributed by atoms with Crippen molar-refractivity contribution < 1.29 is 5.11 Å². The average molecular weight is 180 g/mol. The third-order valence-electron chi connectivity index (χ3n) is 2.01. The number of nitrogens with zero attached hydrogens (tertiary/aromatic N) is 1. The second kappa shape index (κ2) is 4.25. The van der Waals surface area contributed by atoms with Crippen LogP contribution in [0, 0.1) is 0 Å². The van der Waals surface area contributed by atoms with Crippen LogP contribution in [0.5, 0.6) is 0 Å². The molecule has 0 aliphatic heterocycles. The van der Waals surface area contributed by atoms with E-state index in [1.165, 1.54) is 0 Å². The third kappa shape index (κ3) is 2.20. The monoisotopic (exact) mass is 180 g/mol. The van der Waals surface area contributed by atoms with Crippen molar-refractivity contribution in [1.29, 1.82) is 0 Å². The van der Waals surface area contributed by atoms with E-state index in [0.717, 1.165) is 11.3 Å². The molecule has 0 spiro atoms. The first-order valence-electron chi connectivity index (χ1n) is 4.29. The van der Waals surface area contributed by atoms with Gasteiger partial charge in [0.1, 0.15) is 0 Å². The van der Waals surface area contributed by atoms with Crippen molar-refractivity contribution in [3.8, 4) is 0 Å². The summed E-state index contributed by atoms with van der Waals surface area (Å²) in [6.07, 6.45) is 0. The van der Waals surface area contributed by atoms with Gasteiger partial charge in [-0.15, -0.1) is 0 Å². The molecule has 1 aromatic carbocycles. The second-order valence-corrected chi connectivity index (χ2v) is 3.24. The summed E-state index contributed by atoms with van der Waals surface area (Å²) in [5.74, 6) is 0. The molecule has 3 N–H and O–H groups in total. The third-order valence-corrected chi connectivity index (χ3v) is 2.01. The zero-order valence-corrected chi connectivity index (χ0v) is 8.07. The lowest BCUT2D eigenvalue weighted by Gasteiger charge is -2.20. The topological polar surface area (TPSA) is 49.5 Å². The van der Waals surface area contributed by atoms with Crippen molar-refractivity contribution in [2.75, 3.05) is 25.6 Å². The van der Waals surface area contributed by atoms with E-state index in [9.17, 15) is 0 Å². The van der Waals surface area contributed by atoms with Gasteiger partial charge in [-0.3, -0.25) is 0 Å². The standard InChI is InChI=1S/C10H16N2O/c1-12(2)10-6-4-3-5-8(10)9(11)7-13/h3-6,9,13H,7,11H2,1-2H3/t9-/m0/s1. The maximum absolute atomic E-state index is 8.95. The Morgan fingerprint density at radius 3 is 2.54 bits per heavy atom. The number of para-hydroxylation sites is 1. The molecule has 3 heteroatoms. The number of aliphatic hydroxyl groups excluding tert-OH is 1. The summed E-state index contributed by atoms with van der Waals surface area (Å²) in [5, 5.41) is 8.95. The van der Waals surface area contributed by atoms with Gasteiger partial charge in [-0.1, -0.05) is 18.2 Å². The fourth-order valence-electron chi connectivity index (χ4n) is 1.31. The van der Waals surface area contributed by atoms with Crippen molar-refractivity contribution in [1.82, 2.24) is 0 Å². The zero-order valence-electron chi connectivity index (χ0n) is 8.07. The van der Waals surface area contributed by atoms with Crippen LogP contribution in [0.2, 0.25) is 0 Å². The Bertz CT molecular complexity index is 273. The van der Waals surface area contributed by atoms with Crippen LogP contribution < -0.4 is 10.6 Å². The van der Waals surface area contributed by atoms with Crippen molar-refractivity contribution in [3.63, 3.8) is 0 Å². The van der Waals surface area contributed by atoms with Gasteiger partial charge in [0.2, 0.25) is 0 Å². The van der Waals surface area contributed by atoms with Gasteiger partial charge in [0.15, 0.2) is 0 Å². The summed E-state index contributed by atoms with van der Waals surface area (Å²) in [6, 6.07) is 7.53. The molecule has 1 aromatic rings. The van der Waals surface area contributed by atoms with Crippen LogP contribution in [-0.4, -0.2) is 25.8 Å². The minimum absolute atomic E-state index is 0.0230. The van der Waals surface area contributed by atoms with Crippen LogP contribution in [0.3, 0.4) is 0 Å². The molecule has 0 saturated carbocycles. The van der Waals surface area contributed by atoms with E-state index in [-0.39, 0.29) is 12.6 Å².